The summed E-state index contributed by atoms with van der Waals surface area (Å²) in [4.78, 5) is 38.8. The van der Waals surface area contributed by atoms with Crippen molar-refractivity contribution in [3.63, 3.8) is 0 Å². The first-order valence-corrected chi connectivity index (χ1v) is 14.0. The molecule has 1 aliphatic carbocycles. The molecule has 4 rings (SSSR count). The Bertz CT molecular complexity index is 1110. The van der Waals surface area contributed by atoms with Crippen molar-refractivity contribution < 1.29 is 38.4 Å². The van der Waals surface area contributed by atoms with Crippen LogP contribution in [0.3, 0.4) is 0 Å². The summed E-state index contributed by atoms with van der Waals surface area (Å²) >= 11 is 0. The first-order chi connectivity index (χ1) is 18.4. The molecule has 214 valence electrons. The Morgan fingerprint density at radius 3 is 2.59 bits per heavy atom. The number of carbonyl (C=O) groups excluding carboxylic acids is 3. The maximum atomic E-state index is 13.6. The summed E-state index contributed by atoms with van der Waals surface area (Å²) in [6.07, 6.45) is 4.91. The second-order valence-corrected chi connectivity index (χ2v) is 12.2. The second-order valence-electron chi connectivity index (χ2n) is 12.2. The van der Waals surface area contributed by atoms with Gasteiger partial charge in [0.15, 0.2) is 5.78 Å². The van der Waals surface area contributed by atoms with Crippen LogP contribution in [0.1, 0.15) is 72.0 Å². The molecule has 2 heterocycles. The molecule has 1 spiro atoms. The van der Waals surface area contributed by atoms with Crippen molar-refractivity contribution in [1.29, 1.82) is 0 Å². The third-order valence-electron chi connectivity index (χ3n) is 8.88. The molecular weight excluding hydrogens is 500 g/mol. The Morgan fingerprint density at radius 1 is 1.21 bits per heavy atom. The number of hydrogen-bond donors (Lipinski definition) is 1. The summed E-state index contributed by atoms with van der Waals surface area (Å²) in [7, 11) is 1.66. The van der Waals surface area contributed by atoms with Gasteiger partial charge in [0.05, 0.1) is 18.6 Å². The maximum absolute atomic E-state index is 13.6. The molecular formula is C31H42O8. The number of carbonyl (C=O) groups is 3. The van der Waals surface area contributed by atoms with Gasteiger partial charge < -0.3 is 24.1 Å². The summed E-state index contributed by atoms with van der Waals surface area (Å²) < 4.78 is 23.3. The lowest BCUT2D eigenvalue weighted by molar-refractivity contribution is -0.217. The molecule has 0 aromatic heterocycles. The average Bonchev–Trinajstić information content (AvgIpc) is 3.28. The quantitative estimate of drug-likeness (QED) is 0.280. The van der Waals surface area contributed by atoms with Crippen LogP contribution in [0.15, 0.2) is 36.4 Å². The first-order valence-electron chi connectivity index (χ1n) is 14.0. The standard InChI is InChI=1S/C31H42O8/c1-18(10-11-24(36-6)21-8-7-9-22(32)14-21)28-19(2)12-13-31(39-28)26(27(34)20(3)16-30(31,4)5)29(35)38-23-15-25(33)37-17-23/h7-9,12-14,18-20,23-24,26,28,32H,10-11,15-17H2,1-6H3/t18-,19-,20+,23+,24-,26?,28+,31-/m0/s1. The van der Waals surface area contributed by atoms with Crippen LogP contribution in [0.2, 0.25) is 0 Å². The van der Waals surface area contributed by atoms with Gasteiger partial charge in [0.1, 0.15) is 30.0 Å². The topological polar surface area (TPSA) is 108 Å². The summed E-state index contributed by atoms with van der Waals surface area (Å²) in [5.41, 5.74) is -0.796. The first kappa shape index (κ1) is 29.3. The fourth-order valence-electron chi connectivity index (χ4n) is 6.69. The smallest absolute Gasteiger partial charge is 0.320 e. The number of cyclic esters (lactones) is 1. The lowest BCUT2D eigenvalue weighted by Gasteiger charge is -2.56. The van der Waals surface area contributed by atoms with Crippen molar-refractivity contribution in [2.45, 2.75) is 84.2 Å². The van der Waals surface area contributed by atoms with Gasteiger partial charge in [0, 0.05) is 18.9 Å². The van der Waals surface area contributed by atoms with Crippen LogP contribution < -0.4 is 0 Å². The molecule has 0 bridgehead atoms. The molecule has 1 unspecified atom stereocenters. The van der Waals surface area contributed by atoms with Crippen LogP contribution in [-0.2, 0) is 33.3 Å². The zero-order chi connectivity index (χ0) is 28.5. The number of methoxy groups -OCH3 is 1. The SMILES string of the molecule is CO[C@@H](CC[C@H](C)[C@H]1O[C@@]2(C=C[C@@H]1C)C(C(=O)O[C@H]1COC(=O)C1)C(=O)[C@H](C)CC2(C)C)c1cccc(O)c1. The fraction of sp³-hybridized carbons (Fsp3) is 0.645. The Balaban J connectivity index is 1.57. The molecule has 3 aliphatic rings. The minimum Gasteiger partial charge on any atom is -0.508 e. The Morgan fingerprint density at radius 2 is 1.95 bits per heavy atom. The number of esters is 2. The van der Waals surface area contributed by atoms with Crippen LogP contribution in [0.25, 0.3) is 0 Å². The largest absolute Gasteiger partial charge is 0.508 e. The molecule has 2 aliphatic heterocycles. The Kier molecular flexibility index (Phi) is 8.57. The lowest BCUT2D eigenvalue weighted by Crippen LogP contribution is -2.65. The van der Waals surface area contributed by atoms with E-state index >= 15 is 0 Å². The van der Waals surface area contributed by atoms with Gasteiger partial charge in [-0.3, -0.25) is 14.4 Å². The average molecular weight is 543 g/mol. The number of ether oxygens (including phenoxy) is 4. The van der Waals surface area contributed by atoms with Crippen LogP contribution >= 0.6 is 0 Å². The molecule has 8 heteroatoms. The number of benzene rings is 1. The highest BCUT2D eigenvalue weighted by molar-refractivity contribution is 6.03. The number of Topliss-reactive ketones (excluding diaryl/α,β-unsaturated/α-hetero) is 1. The fourth-order valence-corrected chi connectivity index (χ4v) is 6.69. The predicted molar refractivity (Wildman–Crippen MR) is 144 cm³/mol. The summed E-state index contributed by atoms with van der Waals surface area (Å²) in [5, 5.41) is 9.90. The molecule has 8 atom stereocenters. The molecule has 0 radical (unpaired) electrons. The third kappa shape index (κ3) is 5.78. The van der Waals surface area contributed by atoms with Crippen LogP contribution in [0.5, 0.6) is 5.75 Å². The normalized spacial score (nSPS) is 33.5. The van der Waals surface area contributed by atoms with Crippen molar-refractivity contribution >= 4 is 17.7 Å². The Labute approximate surface area is 231 Å². The van der Waals surface area contributed by atoms with Crippen molar-refractivity contribution in [3.8, 4) is 5.75 Å². The monoisotopic (exact) mass is 542 g/mol. The second kappa shape index (κ2) is 11.4. The zero-order valence-electron chi connectivity index (χ0n) is 23.8. The number of phenols is 1. The highest BCUT2D eigenvalue weighted by Crippen LogP contribution is 2.54. The number of aromatic hydroxyl groups is 1. The van der Waals surface area contributed by atoms with E-state index in [9.17, 15) is 19.5 Å². The molecule has 1 saturated heterocycles. The number of ketones is 1. The molecule has 1 N–H and O–H groups in total. The van der Waals surface area contributed by atoms with E-state index in [-0.39, 0.29) is 54.5 Å². The van der Waals surface area contributed by atoms with E-state index in [1.54, 1.807) is 25.3 Å². The summed E-state index contributed by atoms with van der Waals surface area (Å²) in [6, 6.07) is 7.09. The number of phenolic OH excluding ortho intramolecular Hbond substituents is 1. The summed E-state index contributed by atoms with van der Waals surface area (Å²) in [6.45, 7) is 10.2. The molecule has 0 amide bonds. The van der Waals surface area contributed by atoms with E-state index in [4.69, 9.17) is 18.9 Å². The highest BCUT2D eigenvalue weighted by atomic mass is 16.6. The van der Waals surface area contributed by atoms with E-state index < -0.39 is 35.0 Å². The van der Waals surface area contributed by atoms with Gasteiger partial charge in [-0.2, -0.15) is 0 Å². The van der Waals surface area contributed by atoms with Gasteiger partial charge in [-0.25, -0.2) is 0 Å². The van der Waals surface area contributed by atoms with Gasteiger partial charge in [0.2, 0.25) is 0 Å². The van der Waals surface area contributed by atoms with Gasteiger partial charge in [-0.1, -0.05) is 58.9 Å². The van der Waals surface area contributed by atoms with Crippen LogP contribution in [0.4, 0.5) is 0 Å². The van der Waals surface area contributed by atoms with Gasteiger partial charge in [-0.15, -0.1) is 0 Å². The molecule has 1 aromatic carbocycles. The van der Waals surface area contributed by atoms with Gasteiger partial charge >= 0.3 is 11.9 Å². The van der Waals surface area contributed by atoms with Crippen molar-refractivity contribution in [2.75, 3.05) is 13.7 Å². The maximum Gasteiger partial charge on any atom is 0.320 e. The van der Waals surface area contributed by atoms with Crippen LogP contribution in [-0.4, -0.2) is 54.4 Å². The zero-order valence-corrected chi connectivity index (χ0v) is 23.8. The molecule has 8 nitrogen and oxygen atoms in total. The minimum atomic E-state index is -1.17. The van der Waals surface area contributed by atoms with Crippen molar-refractivity contribution in [3.05, 3.63) is 42.0 Å². The van der Waals surface area contributed by atoms with E-state index in [0.29, 0.717) is 12.8 Å². The van der Waals surface area contributed by atoms with E-state index in [0.717, 1.165) is 12.0 Å². The van der Waals surface area contributed by atoms with Gasteiger partial charge in [-0.05, 0) is 48.3 Å². The number of hydrogen-bond acceptors (Lipinski definition) is 8. The predicted octanol–water partition coefficient (Wildman–Crippen LogP) is 4.94. The van der Waals surface area contributed by atoms with E-state index in [1.165, 1.54) is 0 Å². The third-order valence-corrected chi connectivity index (χ3v) is 8.88. The van der Waals surface area contributed by atoms with E-state index in [2.05, 4.69) is 19.9 Å². The molecule has 39 heavy (non-hydrogen) atoms. The summed E-state index contributed by atoms with van der Waals surface area (Å²) in [5.74, 6) is -2.39. The van der Waals surface area contributed by atoms with Crippen LogP contribution in [0, 0.1) is 29.1 Å². The molecule has 2 fully saturated rings. The Hall–Kier alpha value is -2.71. The highest BCUT2D eigenvalue weighted by Gasteiger charge is 2.63. The molecule has 1 saturated carbocycles. The van der Waals surface area contributed by atoms with Crippen molar-refractivity contribution in [2.24, 2.45) is 29.1 Å². The minimum absolute atomic E-state index is 0.00464. The molecule has 1 aromatic rings. The van der Waals surface area contributed by atoms with E-state index in [1.807, 2.05) is 32.9 Å². The van der Waals surface area contributed by atoms with Crippen molar-refractivity contribution in [1.82, 2.24) is 0 Å². The van der Waals surface area contributed by atoms with Gasteiger partial charge in [0.25, 0.3) is 0 Å². The number of rotatable bonds is 8. The lowest BCUT2D eigenvalue weighted by atomic mass is 9.55.